The predicted octanol–water partition coefficient (Wildman–Crippen LogP) is 3.32. The lowest BCUT2D eigenvalue weighted by Gasteiger charge is -2.28. The molecule has 0 aliphatic carbocycles. The molecule has 3 aromatic heterocycles. The number of nitrogens with zero attached hydrogens (tertiary/aromatic N) is 5. The Balaban J connectivity index is 1.37. The van der Waals surface area contributed by atoms with Crippen LogP contribution in [0.25, 0.3) is 33.1 Å². The van der Waals surface area contributed by atoms with E-state index in [-0.39, 0.29) is 0 Å². The molecule has 4 aromatic rings. The average molecular weight is 373 g/mol. The Hall–Kier alpha value is -3.06. The first-order chi connectivity index (χ1) is 13.8. The van der Waals surface area contributed by atoms with Gasteiger partial charge >= 0.3 is 0 Å². The molecule has 28 heavy (non-hydrogen) atoms. The van der Waals surface area contributed by atoms with Crippen molar-refractivity contribution in [3.05, 3.63) is 43.1 Å². The topological polar surface area (TPSA) is 82.6 Å². The second kappa shape index (κ2) is 7.16. The number of rotatable bonds is 4. The van der Waals surface area contributed by atoms with E-state index in [0.29, 0.717) is 11.9 Å². The number of hydrogen-bond donors (Lipinski definition) is 2. The van der Waals surface area contributed by atoms with Crippen molar-refractivity contribution in [3.8, 4) is 11.1 Å². The van der Waals surface area contributed by atoms with Crippen LogP contribution >= 0.6 is 0 Å². The van der Waals surface area contributed by atoms with E-state index >= 15 is 0 Å². The Morgan fingerprint density at radius 2 is 2.07 bits per heavy atom. The number of piperidine rings is 1. The number of benzene rings is 1. The maximum Gasteiger partial charge on any atom is 0.224 e. The number of aromatic nitrogens is 5. The highest BCUT2D eigenvalue weighted by atomic mass is 15.1. The molecule has 0 amide bonds. The van der Waals surface area contributed by atoms with E-state index in [1.807, 2.05) is 24.7 Å². The molecule has 2 N–H and O–H groups in total. The molecule has 7 heteroatoms. The summed E-state index contributed by atoms with van der Waals surface area (Å²) in [6, 6.07) is 6.19. The van der Waals surface area contributed by atoms with Gasteiger partial charge in [-0.05, 0) is 56.6 Å². The second-order valence-corrected chi connectivity index (χ2v) is 7.58. The monoisotopic (exact) mass is 373 g/mol. The van der Waals surface area contributed by atoms with Gasteiger partial charge in [0.15, 0.2) is 0 Å². The van der Waals surface area contributed by atoms with Crippen LogP contribution in [-0.2, 0) is 0 Å². The molecule has 0 unspecified atom stereocenters. The number of aromatic amines is 1. The number of H-pyrrole nitrogens is 1. The van der Waals surface area contributed by atoms with Gasteiger partial charge in [-0.3, -0.25) is 0 Å². The molecule has 1 aromatic carbocycles. The quantitative estimate of drug-likeness (QED) is 0.571. The smallest absolute Gasteiger partial charge is 0.224 e. The zero-order chi connectivity index (χ0) is 18.9. The molecular weight excluding hydrogens is 350 g/mol. The van der Waals surface area contributed by atoms with Crippen molar-refractivity contribution >= 4 is 27.9 Å². The van der Waals surface area contributed by atoms with Crippen LogP contribution in [0.1, 0.15) is 12.8 Å². The first-order valence-electron chi connectivity index (χ1n) is 9.73. The highest BCUT2D eigenvalue weighted by Crippen LogP contribution is 2.29. The molecule has 5 rings (SSSR count). The van der Waals surface area contributed by atoms with Gasteiger partial charge in [0.25, 0.3) is 0 Å². The van der Waals surface area contributed by atoms with Crippen molar-refractivity contribution < 1.29 is 0 Å². The van der Waals surface area contributed by atoms with E-state index in [1.165, 1.54) is 25.9 Å². The molecule has 0 atom stereocenters. The summed E-state index contributed by atoms with van der Waals surface area (Å²) in [7, 11) is 2.19. The van der Waals surface area contributed by atoms with Crippen LogP contribution in [0, 0.1) is 5.92 Å². The van der Waals surface area contributed by atoms with E-state index < -0.39 is 0 Å². The summed E-state index contributed by atoms with van der Waals surface area (Å²) >= 11 is 0. The summed E-state index contributed by atoms with van der Waals surface area (Å²) < 4.78 is 0. The third-order valence-corrected chi connectivity index (χ3v) is 5.63. The number of likely N-dealkylation sites (tertiary alicyclic amines) is 1. The van der Waals surface area contributed by atoms with Gasteiger partial charge < -0.3 is 15.2 Å². The fraction of sp³-hybridized carbons (Fsp3) is 0.333. The molecule has 7 nitrogen and oxygen atoms in total. The van der Waals surface area contributed by atoms with Gasteiger partial charge in [-0.2, -0.15) is 4.98 Å². The Bertz CT molecular complexity index is 1110. The number of nitrogens with one attached hydrogen (secondary N) is 2. The standard InChI is InChI=1S/C21H23N7/c1-28-6-4-14(5-7-28)9-24-21-25-12-18-17(11-23-20(18)27-21)15-2-3-19-16(8-15)10-22-13-26-19/h2-3,8,10-14H,4-7,9H2,1H3,(H2,23,24,25,27). The predicted molar refractivity (Wildman–Crippen MR) is 111 cm³/mol. The minimum Gasteiger partial charge on any atom is -0.354 e. The van der Waals surface area contributed by atoms with Gasteiger partial charge in [-0.15, -0.1) is 0 Å². The van der Waals surface area contributed by atoms with E-state index in [2.05, 4.69) is 54.3 Å². The summed E-state index contributed by atoms with van der Waals surface area (Å²) in [5, 5.41) is 5.45. The molecule has 1 fully saturated rings. The largest absolute Gasteiger partial charge is 0.354 e. The minimum atomic E-state index is 0.687. The van der Waals surface area contributed by atoms with Crippen LogP contribution in [0.5, 0.6) is 0 Å². The van der Waals surface area contributed by atoms with Crippen molar-refractivity contribution in [2.75, 3.05) is 32.0 Å². The van der Waals surface area contributed by atoms with Gasteiger partial charge in [0.2, 0.25) is 5.95 Å². The zero-order valence-corrected chi connectivity index (χ0v) is 15.9. The molecule has 1 aliphatic heterocycles. The highest BCUT2D eigenvalue weighted by Gasteiger charge is 2.17. The third-order valence-electron chi connectivity index (χ3n) is 5.63. The van der Waals surface area contributed by atoms with Crippen LogP contribution in [0.2, 0.25) is 0 Å². The highest BCUT2D eigenvalue weighted by molar-refractivity contribution is 5.96. The molecular formula is C21H23N7. The van der Waals surface area contributed by atoms with Crippen LogP contribution in [0.4, 0.5) is 5.95 Å². The lowest BCUT2D eigenvalue weighted by molar-refractivity contribution is 0.226. The van der Waals surface area contributed by atoms with Gasteiger partial charge in [0, 0.05) is 41.5 Å². The lowest BCUT2D eigenvalue weighted by Crippen LogP contribution is -2.33. The van der Waals surface area contributed by atoms with Crippen molar-refractivity contribution in [1.29, 1.82) is 0 Å². The van der Waals surface area contributed by atoms with Crippen LogP contribution in [0.15, 0.2) is 43.1 Å². The van der Waals surface area contributed by atoms with Crippen molar-refractivity contribution in [2.24, 2.45) is 5.92 Å². The summed E-state index contributed by atoms with van der Waals surface area (Å²) in [6.45, 7) is 3.27. The van der Waals surface area contributed by atoms with Crippen LogP contribution < -0.4 is 5.32 Å². The molecule has 142 valence electrons. The van der Waals surface area contributed by atoms with Gasteiger partial charge in [0.1, 0.15) is 12.0 Å². The minimum absolute atomic E-state index is 0.687. The van der Waals surface area contributed by atoms with Crippen LogP contribution in [-0.4, -0.2) is 56.5 Å². The van der Waals surface area contributed by atoms with Crippen molar-refractivity contribution in [2.45, 2.75) is 12.8 Å². The van der Waals surface area contributed by atoms with E-state index in [0.717, 1.165) is 39.6 Å². The Labute approximate surface area is 163 Å². The normalized spacial score (nSPS) is 16.0. The molecule has 1 aliphatic rings. The van der Waals surface area contributed by atoms with E-state index in [4.69, 9.17) is 0 Å². The van der Waals surface area contributed by atoms with Gasteiger partial charge in [0.05, 0.1) is 5.52 Å². The third kappa shape index (κ3) is 3.29. The number of hydrogen-bond acceptors (Lipinski definition) is 6. The molecule has 0 spiro atoms. The summed E-state index contributed by atoms with van der Waals surface area (Å²) in [4.78, 5) is 23.3. The maximum atomic E-state index is 4.67. The second-order valence-electron chi connectivity index (χ2n) is 7.58. The van der Waals surface area contributed by atoms with Gasteiger partial charge in [-0.1, -0.05) is 6.07 Å². The molecule has 0 saturated carbocycles. The van der Waals surface area contributed by atoms with E-state index in [9.17, 15) is 0 Å². The lowest BCUT2D eigenvalue weighted by atomic mass is 9.97. The van der Waals surface area contributed by atoms with Gasteiger partial charge in [-0.25, -0.2) is 15.0 Å². The molecule has 4 heterocycles. The van der Waals surface area contributed by atoms with Crippen LogP contribution in [0.3, 0.4) is 0 Å². The Morgan fingerprint density at radius 1 is 1.18 bits per heavy atom. The summed E-state index contributed by atoms with van der Waals surface area (Å²) in [5.74, 6) is 1.38. The molecule has 1 saturated heterocycles. The van der Waals surface area contributed by atoms with E-state index in [1.54, 1.807) is 6.33 Å². The number of anilines is 1. The SMILES string of the molecule is CN1CCC(CNc2ncc3c(-c4ccc5ncncc5c4)c[nH]c3n2)CC1. The maximum absolute atomic E-state index is 4.67. The fourth-order valence-electron chi connectivity index (χ4n) is 3.89. The Kier molecular flexibility index (Phi) is 4.37. The zero-order valence-electron chi connectivity index (χ0n) is 15.9. The summed E-state index contributed by atoms with van der Waals surface area (Å²) in [6.07, 6.45) is 9.75. The van der Waals surface area contributed by atoms with Crippen molar-refractivity contribution in [3.63, 3.8) is 0 Å². The first kappa shape index (κ1) is 17.1. The Morgan fingerprint density at radius 3 is 2.96 bits per heavy atom. The fourth-order valence-corrected chi connectivity index (χ4v) is 3.89. The van der Waals surface area contributed by atoms with Crippen molar-refractivity contribution in [1.82, 2.24) is 29.8 Å². The molecule has 0 bridgehead atoms. The summed E-state index contributed by atoms with van der Waals surface area (Å²) in [5.41, 5.74) is 3.97. The molecule has 0 radical (unpaired) electrons. The number of fused-ring (bicyclic) bond motifs is 2. The average Bonchev–Trinajstić information content (AvgIpc) is 3.16. The first-order valence-corrected chi connectivity index (χ1v) is 9.73.